The summed E-state index contributed by atoms with van der Waals surface area (Å²) in [5.41, 5.74) is 2.85. The van der Waals surface area contributed by atoms with Crippen LogP contribution in [0.3, 0.4) is 0 Å². The van der Waals surface area contributed by atoms with Gasteiger partial charge in [0.1, 0.15) is 11.5 Å². The number of rotatable bonds is 5. The van der Waals surface area contributed by atoms with Crippen molar-refractivity contribution in [1.82, 2.24) is 4.90 Å². The number of furan rings is 1. The molecule has 1 aliphatic heterocycles. The van der Waals surface area contributed by atoms with Crippen molar-refractivity contribution in [3.05, 3.63) is 75.5 Å². The van der Waals surface area contributed by atoms with E-state index in [9.17, 15) is 9.59 Å². The fraction of sp³-hybridized carbons (Fsp3) is 0.280. The summed E-state index contributed by atoms with van der Waals surface area (Å²) in [7, 11) is 0. The zero-order valence-electron chi connectivity index (χ0n) is 18.0. The van der Waals surface area contributed by atoms with Crippen LogP contribution in [0.4, 0.5) is 5.69 Å². The molecule has 4 rings (SSSR count). The number of anilines is 1. The second-order valence-corrected chi connectivity index (χ2v) is 9.23. The van der Waals surface area contributed by atoms with Gasteiger partial charge in [0.2, 0.25) is 5.91 Å². The van der Waals surface area contributed by atoms with Gasteiger partial charge in [-0.1, -0.05) is 49.2 Å². The lowest BCUT2D eigenvalue weighted by molar-refractivity contribution is -0.132. The van der Waals surface area contributed by atoms with Crippen LogP contribution in [0.2, 0.25) is 10.0 Å². The van der Waals surface area contributed by atoms with E-state index in [4.69, 9.17) is 27.6 Å². The predicted octanol–water partition coefficient (Wildman–Crippen LogP) is 6.44. The van der Waals surface area contributed by atoms with Crippen LogP contribution in [-0.2, 0) is 17.8 Å². The van der Waals surface area contributed by atoms with Crippen LogP contribution in [0.25, 0.3) is 11.3 Å². The van der Waals surface area contributed by atoms with E-state index in [0.717, 1.165) is 16.9 Å². The van der Waals surface area contributed by atoms with Crippen LogP contribution in [-0.4, -0.2) is 23.3 Å². The third kappa shape index (κ3) is 5.00. The summed E-state index contributed by atoms with van der Waals surface area (Å²) in [6.45, 7) is 5.34. The van der Waals surface area contributed by atoms with Gasteiger partial charge in [0, 0.05) is 47.8 Å². The molecular formula is C25H24Cl2N2O3. The Hall–Kier alpha value is -2.76. The molecule has 0 bridgehead atoms. The normalized spacial score (nSPS) is 13.2. The highest BCUT2D eigenvalue weighted by Gasteiger charge is 2.25. The maximum Gasteiger partial charge on any atom is 0.257 e. The van der Waals surface area contributed by atoms with Gasteiger partial charge in [0.25, 0.3) is 5.91 Å². The summed E-state index contributed by atoms with van der Waals surface area (Å²) in [5, 5.41) is 3.63. The molecule has 1 N–H and O–H groups in total. The van der Waals surface area contributed by atoms with Gasteiger partial charge < -0.3 is 14.6 Å². The molecule has 0 saturated heterocycles. The number of nitrogens with zero attached hydrogens (tertiary/aromatic N) is 1. The summed E-state index contributed by atoms with van der Waals surface area (Å²) in [5.74, 6) is 1.83. The van der Waals surface area contributed by atoms with Gasteiger partial charge in [-0.25, -0.2) is 0 Å². The minimum absolute atomic E-state index is 0.180. The molecule has 0 spiro atoms. The van der Waals surface area contributed by atoms with Gasteiger partial charge in [0.05, 0.1) is 10.6 Å². The van der Waals surface area contributed by atoms with Gasteiger partial charge in [0.15, 0.2) is 0 Å². The number of carbonyl (C=O) groups is 2. The van der Waals surface area contributed by atoms with E-state index in [1.54, 1.807) is 18.2 Å². The average molecular weight is 471 g/mol. The van der Waals surface area contributed by atoms with Gasteiger partial charge >= 0.3 is 0 Å². The number of fused-ring (bicyclic) bond motifs is 1. The van der Waals surface area contributed by atoms with Crippen molar-refractivity contribution in [3.63, 3.8) is 0 Å². The number of hydrogen-bond acceptors (Lipinski definition) is 3. The Labute approximate surface area is 197 Å². The van der Waals surface area contributed by atoms with Crippen LogP contribution >= 0.6 is 23.2 Å². The zero-order chi connectivity index (χ0) is 22.8. The SMILES string of the molecule is CC(C)CC(=O)N1CCc2oc(-c3cccc(NC(=O)c4ccc(Cl)cc4Cl)c3)cc2C1. The van der Waals surface area contributed by atoms with Crippen LogP contribution in [0.15, 0.2) is 52.9 Å². The van der Waals surface area contributed by atoms with Crippen LogP contribution in [0, 0.1) is 5.92 Å². The number of amides is 2. The first-order valence-electron chi connectivity index (χ1n) is 10.6. The molecule has 0 atom stereocenters. The number of benzene rings is 2. The molecule has 0 unspecified atom stereocenters. The third-order valence-electron chi connectivity index (χ3n) is 5.38. The maximum atomic E-state index is 12.6. The molecule has 3 aromatic rings. The van der Waals surface area contributed by atoms with Gasteiger partial charge in [-0.05, 0) is 42.3 Å². The Balaban J connectivity index is 1.50. The standard InChI is InChI=1S/C25H24Cl2N2O3/c1-15(2)10-24(30)29-9-8-22-17(14-29)12-23(32-22)16-4-3-5-19(11-16)28-25(31)20-7-6-18(26)13-21(20)27/h3-7,11-13,15H,8-10,14H2,1-2H3,(H,28,31). The second-order valence-electron chi connectivity index (χ2n) is 8.38. The van der Waals surface area contributed by atoms with Crippen LogP contribution in [0.1, 0.15) is 41.9 Å². The first-order chi connectivity index (χ1) is 15.3. The molecule has 0 fully saturated rings. The maximum absolute atomic E-state index is 12.6. The van der Waals surface area contributed by atoms with E-state index in [0.29, 0.717) is 58.9 Å². The monoisotopic (exact) mass is 470 g/mol. The molecule has 32 heavy (non-hydrogen) atoms. The van der Waals surface area contributed by atoms with E-state index in [-0.39, 0.29) is 11.8 Å². The van der Waals surface area contributed by atoms with Crippen LogP contribution < -0.4 is 5.32 Å². The topological polar surface area (TPSA) is 62.6 Å². The lowest BCUT2D eigenvalue weighted by atomic mass is 10.0. The highest BCUT2D eigenvalue weighted by Crippen LogP contribution is 2.31. The lowest BCUT2D eigenvalue weighted by Crippen LogP contribution is -2.35. The van der Waals surface area contributed by atoms with E-state index < -0.39 is 0 Å². The van der Waals surface area contributed by atoms with E-state index in [1.165, 1.54) is 6.07 Å². The summed E-state index contributed by atoms with van der Waals surface area (Å²) < 4.78 is 6.09. The molecule has 2 heterocycles. The summed E-state index contributed by atoms with van der Waals surface area (Å²) in [6.07, 6.45) is 1.25. The molecule has 166 valence electrons. The molecular weight excluding hydrogens is 447 g/mol. The van der Waals surface area contributed by atoms with Crippen molar-refractivity contribution in [1.29, 1.82) is 0 Å². The van der Waals surface area contributed by atoms with Crippen LogP contribution in [0.5, 0.6) is 0 Å². The highest BCUT2D eigenvalue weighted by molar-refractivity contribution is 6.37. The highest BCUT2D eigenvalue weighted by atomic mass is 35.5. The zero-order valence-corrected chi connectivity index (χ0v) is 19.5. The van der Waals surface area contributed by atoms with E-state index in [1.807, 2.05) is 29.2 Å². The Bertz CT molecular complexity index is 1170. The second kappa shape index (κ2) is 9.39. The minimum atomic E-state index is -0.318. The number of nitrogens with one attached hydrogen (secondary N) is 1. The number of hydrogen-bond donors (Lipinski definition) is 1. The number of carbonyl (C=O) groups excluding carboxylic acids is 2. The molecule has 1 aromatic heterocycles. The smallest absolute Gasteiger partial charge is 0.257 e. The predicted molar refractivity (Wildman–Crippen MR) is 127 cm³/mol. The van der Waals surface area contributed by atoms with Crippen molar-refractivity contribution in [2.75, 3.05) is 11.9 Å². The fourth-order valence-electron chi connectivity index (χ4n) is 3.79. The van der Waals surface area contributed by atoms with Crippen molar-refractivity contribution in [3.8, 4) is 11.3 Å². The lowest BCUT2D eigenvalue weighted by Gasteiger charge is -2.26. The molecule has 0 saturated carbocycles. The summed E-state index contributed by atoms with van der Waals surface area (Å²) in [6, 6.07) is 14.2. The quantitative estimate of drug-likeness (QED) is 0.466. The Morgan fingerprint density at radius 1 is 1.12 bits per heavy atom. The first kappa shape index (κ1) is 22.4. The number of halogens is 2. The van der Waals surface area contributed by atoms with Crippen molar-refractivity contribution < 1.29 is 14.0 Å². The van der Waals surface area contributed by atoms with Gasteiger partial charge in [-0.3, -0.25) is 9.59 Å². The molecule has 0 radical (unpaired) electrons. The average Bonchev–Trinajstić information content (AvgIpc) is 3.17. The van der Waals surface area contributed by atoms with E-state index >= 15 is 0 Å². The largest absolute Gasteiger partial charge is 0.461 e. The third-order valence-corrected chi connectivity index (χ3v) is 5.93. The molecule has 2 aromatic carbocycles. The Morgan fingerprint density at radius 3 is 2.69 bits per heavy atom. The van der Waals surface area contributed by atoms with Crippen molar-refractivity contribution in [2.45, 2.75) is 33.2 Å². The van der Waals surface area contributed by atoms with Gasteiger partial charge in [-0.15, -0.1) is 0 Å². The summed E-state index contributed by atoms with van der Waals surface area (Å²) in [4.78, 5) is 27.0. The molecule has 5 nitrogen and oxygen atoms in total. The fourth-order valence-corrected chi connectivity index (χ4v) is 4.28. The van der Waals surface area contributed by atoms with E-state index in [2.05, 4.69) is 19.2 Å². The molecule has 0 aliphatic carbocycles. The summed E-state index contributed by atoms with van der Waals surface area (Å²) >= 11 is 12.1. The first-order valence-corrected chi connectivity index (χ1v) is 11.3. The van der Waals surface area contributed by atoms with Crippen molar-refractivity contribution >= 4 is 40.7 Å². The minimum Gasteiger partial charge on any atom is -0.461 e. The molecule has 2 amide bonds. The molecule has 1 aliphatic rings. The van der Waals surface area contributed by atoms with Gasteiger partial charge in [-0.2, -0.15) is 0 Å². The Morgan fingerprint density at radius 2 is 1.94 bits per heavy atom. The Kier molecular flexibility index (Phi) is 6.58. The molecule has 7 heteroatoms. The van der Waals surface area contributed by atoms with Crippen molar-refractivity contribution in [2.24, 2.45) is 5.92 Å².